The van der Waals surface area contributed by atoms with E-state index in [1.807, 2.05) is 25.1 Å². The number of nitrogens with two attached hydrogens (primary N) is 1. The summed E-state index contributed by atoms with van der Waals surface area (Å²) in [4.78, 5) is 12.6. The van der Waals surface area contributed by atoms with E-state index in [9.17, 15) is 4.79 Å². The molecular formula is C22H27N5O4S. The number of ether oxygens (including phenoxy) is 3. The molecule has 0 unspecified atom stereocenters. The molecule has 3 aromatic rings. The Bertz CT molecular complexity index is 1090. The number of aryl methyl sites for hydroxylation is 2. The second-order valence-corrected chi connectivity index (χ2v) is 7.83. The van der Waals surface area contributed by atoms with Crippen LogP contribution in [0.2, 0.25) is 0 Å². The second kappa shape index (κ2) is 10.3. The summed E-state index contributed by atoms with van der Waals surface area (Å²) in [7, 11) is 4.60. The van der Waals surface area contributed by atoms with Crippen molar-refractivity contribution in [2.75, 3.05) is 38.2 Å². The number of nitrogens with one attached hydrogen (secondary N) is 1. The average Bonchev–Trinajstić information content (AvgIpc) is 3.18. The smallest absolute Gasteiger partial charge is 0.234 e. The van der Waals surface area contributed by atoms with Crippen LogP contribution >= 0.6 is 11.8 Å². The van der Waals surface area contributed by atoms with Crippen LogP contribution in [-0.2, 0) is 11.2 Å². The number of carbonyl (C=O) groups excluding carboxylic acids is 1. The molecule has 1 aromatic heterocycles. The summed E-state index contributed by atoms with van der Waals surface area (Å²) in [6, 6.07) is 9.44. The number of methoxy groups -OCH3 is 3. The molecule has 0 saturated heterocycles. The van der Waals surface area contributed by atoms with Crippen LogP contribution in [0.4, 0.5) is 5.69 Å². The summed E-state index contributed by atoms with van der Waals surface area (Å²) >= 11 is 1.20. The fraction of sp³-hybridized carbons (Fsp3) is 0.318. The summed E-state index contributed by atoms with van der Waals surface area (Å²) in [5.74, 6) is 8.04. The first-order valence-corrected chi connectivity index (χ1v) is 10.9. The minimum absolute atomic E-state index is 0.141. The van der Waals surface area contributed by atoms with E-state index >= 15 is 0 Å². The van der Waals surface area contributed by atoms with Gasteiger partial charge in [-0.25, -0.2) is 4.68 Å². The number of aromatic nitrogens is 3. The van der Waals surface area contributed by atoms with Crippen LogP contribution in [-0.4, -0.2) is 47.9 Å². The molecular weight excluding hydrogens is 430 g/mol. The zero-order chi connectivity index (χ0) is 23.3. The Balaban J connectivity index is 1.77. The van der Waals surface area contributed by atoms with E-state index in [-0.39, 0.29) is 11.7 Å². The van der Waals surface area contributed by atoms with Crippen molar-refractivity contribution in [2.45, 2.75) is 25.4 Å². The van der Waals surface area contributed by atoms with Gasteiger partial charge >= 0.3 is 0 Å². The number of para-hydroxylation sites is 1. The van der Waals surface area contributed by atoms with Gasteiger partial charge in [0, 0.05) is 11.3 Å². The molecule has 0 atom stereocenters. The highest BCUT2D eigenvalue weighted by atomic mass is 32.2. The molecule has 2 aromatic carbocycles. The lowest BCUT2D eigenvalue weighted by atomic mass is 10.1. The van der Waals surface area contributed by atoms with E-state index in [4.69, 9.17) is 20.1 Å². The molecule has 0 aliphatic heterocycles. The molecule has 0 saturated carbocycles. The van der Waals surface area contributed by atoms with Gasteiger partial charge in [0.1, 0.15) is 0 Å². The molecule has 0 aliphatic rings. The van der Waals surface area contributed by atoms with Gasteiger partial charge in [-0.15, -0.1) is 10.2 Å². The van der Waals surface area contributed by atoms with Gasteiger partial charge in [-0.3, -0.25) is 4.79 Å². The lowest BCUT2D eigenvalue weighted by Gasteiger charge is -2.14. The molecule has 3 rings (SSSR count). The second-order valence-electron chi connectivity index (χ2n) is 6.89. The van der Waals surface area contributed by atoms with Crippen molar-refractivity contribution >= 4 is 23.4 Å². The zero-order valence-corrected chi connectivity index (χ0v) is 19.6. The quantitative estimate of drug-likeness (QED) is 0.372. The SMILES string of the molecule is CCc1cccc(C)c1NC(=O)CSc1nnc(-c2cc(OC)c(OC)c(OC)c2)n1N. The standard InChI is InChI=1S/C22H27N5O4S/c1-6-14-9-7-8-13(2)19(14)24-18(28)12-32-22-26-25-21(27(22)23)15-10-16(29-3)20(31-5)17(11-15)30-4/h7-11H,6,12,23H2,1-5H3,(H,24,28). The summed E-state index contributed by atoms with van der Waals surface area (Å²) in [5.41, 5.74) is 3.61. The predicted molar refractivity (Wildman–Crippen MR) is 125 cm³/mol. The van der Waals surface area contributed by atoms with E-state index in [1.165, 1.54) is 37.8 Å². The number of hydrogen-bond donors (Lipinski definition) is 2. The highest BCUT2D eigenvalue weighted by Gasteiger charge is 2.19. The summed E-state index contributed by atoms with van der Waals surface area (Å²) in [6.07, 6.45) is 0.833. The number of anilines is 1. The van der Waals surface area contributed by atoms with Crippen LogP contribution in [0.1, 0.15) is 18.1 Å². The highest BCUT2D eigenvalue weighted by Crippen LogP contribution is 2.40. The van der Waals surface area contributed by atoms with E-state index in [1.54, 1.807) is 12.1 Å². The van der Waals surface area contributed by atoms with E-state index in [0.717, 1.165) is 23.2 Å². The fourth-order valence-electron chi connectivity index (χ4n) is 3.29. The van der Waals surface area contributed by atoms with Gasteiger partial charge in [0.15, 0.2) is 17.3 Å². The molecule has 0 fully saturated rings. The number of carbonyl (C=O) groups is 1. The van der Waals surface area contributed by atoms with Gasteiger partial charge in [0.2, 0.25) is 16.8 Å². The molecule has 0 radical (unpaired) electrons. The van der Waals surface area contributed by atoms with Crippen LogP contribution in [0.3, 0.4) is 0 Å². The van der Waals surface area contributed by atoms with Crippen LogP contribution in [0.15, 0.2) is 35.5 Å². The highest BCUT2D eigenvalue weighted by molar-refractivity contribution is 7.99. The van der Waals surface area contributed by atoms with Crippen LogP contribution < -0.4 is 25.4 Å². The Labute approximate surface area is 191 Å². The maximum absolute atomic E-state index is 12.6. The summed E-state index contributed by atoms with van der Waals surface area (Å²) in [6.45, 7) is 4.03. The Kier molecular flexibility index (Phi) is 7.47. The van der Waals surface area contributed by atoms with Crippen LogP contribution in [0.25, 0.3) is 11.4 Å². The molecule has 170 valence electrons. The topological polar surface area (TPSA) is 114 Å². The number of rotatable bonds is 9. The number of nitrogens with zero attached hydrogens (tertiary/aromatic N) is 3. The zero-order valence-electron chi connectivity index (χ0n) is 18.8. The van der Waals surface area contributed by atoms with Gasteiger partial charge in [-0.2, -0.15) is 0 Å². The Morgan fingerprint density at radius 2 is 1.81 bits per heavy atom. The van der Waals surface area contributed by atoms with Crippen molar-refractivity contribution in [3.63, 3.8) is 0 Å². The average molecular weight is 458 g/mol. The van der Waals surface area contributed by atoms with Gasteiger partial charge in [-0.1, -0.05) is 36.9 Å². The summed E-state index contributed by atoms with van der Waals surface area (Å²) < 4.78 is 17.5. The van der Waals surface area contributed by atoms with E-state index in [0.29, 0.717) is 33.8 Å². The number of thioether (sulfide) groups is 1. The molecule has 0 spiro atoms. The first kappa shape index (κ1) is 23.3. The molecule has 9 nitrogen and oxygen atoms in total. The molecule has 32 heavy (non-hydrogen) atoms. The fourth-order valence-corrected chi connectivity index (χ4v) is 3.95. The number of hydrogen-bond acceptors (Lipinski definition) is 8. The monoisotopic (exact) mass is 457 g/mol. The van der Waals surface area contributed by atoms with Crippen molar-refractivity contribution in [1.82, 2.24) is 14.9 Å². The maximum Gasteiger partial charge on any atom is 0.234 e. The van der Waals surface area contributed by atoms with Gasteiger partial charge in [0.25, 0.3) is 0 Å². The molecule has 1 heterocycles. The molecule has 0 bridgehead atoms. The normalized spacial score (nSPS) is 10.7. The van der Waals surface area contributed by atoms with E-state index < -0.39 is 0 Å². The molecule has 3 N–H and O–H groups in total. The largest absolute Gasteiger partial charge is 0.493 e. The predicted octanol–water partition coefficient (Wildman–Crippen LogP) is 3.29. The first-order valence-electron chi connectivity index (χ1n) is 9.95. The molecule has 0 aliphatic carbocycles. The van der Waals surface area contributed by atoms with Crippen molar-refractivity contribution < 1.29 is 19.0 Å². The van der Waals surface area contributed by atoms with Crippen LogP contribution in [0, 0.1) is 6.92 Å². The van der Waals surface area contributed by atoms with Crippen molar-refractivity contribution in [3.05, 3.63) is 41.5 Å². The maximum atomic E-state index is 12.6. The minimum atomic E-state index is -0.142. The third-order valence-electron chi connectivity index (χ3n) is 4.92. The van der Waals surface area contributed by atoms with Crippen molar-refractivity contribution in [3.8, 4) is 28.6 Å². The molecule has 10 heteroatoms. The van der Waals surface area contributed by atoms with Crippen LogP contribution in [0.5, 0.6) is 17.2 Å². The van der Waals surface area contributed by atoms with Crippen molar-refractivity contribution in [1.29, 1.82) is 0 Å². The first-order chi connectivity index (χ1) is 15.4. The lowest BCUT2D eigenvalue weighted by molar-refractivity contribution is -0.113. The van der Waals surface area contributed by atoms with E-state index in [2.05, 4.69) is 22.4 Å². The number of benzene rings is 2. The third-order valence-corrected chi connectivity index (χ3v) is 5.87. The Morgan fingerprint density at radius 1 is 1.12 bits per heavy atom. The summed E-state index contributed by atoms with van der Waals surface area (Å²) in [5, 5.41) is 11.7. The Hall–Kier alpha value is -3.40. The number of amides is 1. The number of nitrogen functional groups attached to an aromatic ring is 1. The third kappa shape index (κ3) is 4.75. The Morgan fingerprint density at radius 3 is 2.41 bits per heavy atom. The lowest BCUT2D eigenvalue weighted by Crippen LogP contribution is -2.18. The van der Waals surface area contributed by atoms with Gasteiger partial charge in [0.05, 0.1) is 27.1 Å². The van der Waals surface area contributed by atoms with Crippen molar-refractivity contribution in [2.24, 2.45) is 0 Å². The molecule has 1 amide bonds. The van der Waals surface area contributed by atoms with Gasteiger partial charge in [-0.05, 0) is 36.6 Å². The minimum Gasteiger partial charge on any atom is -0.493 e. The van der Waals surface area contributed by atoms with Gasteiger partial charge < -0.3 is 25.4 Å².